The van der Waals surface area contributed by atoms with Crippen LogP contribution in [0.25, 0.3) is 0 Å². The molecule has 1 aromatic rings. The third-order valence-corrected chi connectivity index (χ3v) is 1.72. The van der Waals surface area contributed by atoms with Crippen molar-refractivity contribution in [3.8, 4) is 0 Å². The Morgan fingerprint density at radius 2 is 1.93 bits per heavy atom. The summed E-state index contributed by atoms with van der Waals surface area (Å²) in [6.45, 7) is 9.41. The van der Waals surface area contributed by atoms with E-state index < -0.39 is 0 Å². The van der Waals surface area contributed by atoms with E-state index in [1.807, 2.05) is 0 Å². The quantitative estimate of drug-likeness (QED) is 0.787. The van der Waals surface area contributed by atoms with Crippen LogP contribution >= 0.6 is 0 Å². The Bertz CT molecular complexity index is 268. The summed E-state index contributed by atoms with van der Waals surface area (Å²) >= 11 is 0. The molecule has 0 saturated carbocycles. The average molecular weight is 197 g/mol. The highest BCUT2D eigenvalue weighted by Crippen LogP contribution is 2.08. The molecule has 0 aromatic carbocycles. The van der Waals surface area contributed by atoms with Gasteiger partial charge in [0.25, 0.3) is 0 Å². The van der Waals surface area contributed by atoms with Crippen molar-refractivity contribution in [2.45, 2.75) is 34.1 Å². The normalized spacial score (nSPS) is 11.3. The lowest BCUT2D eigenvalue weighted by Crippen LogP contribution is -2.08. The van der Waals surface area contributed by atoms with E-state index in [4.69, 9.17) is 4.52 Å². The van der Waals surface area contributed by atoms with Gasteiger partial charge in [-0.25, -0.2) is 0 Å². The van der Waals surface area contributed by atoms with Crippen LogP contribution in [0.3, 0.4) is 0 Å². The monoisotopic (exact) mass is 197 g/mol. The second-order valence-electron chi connectivity index (χ2n) is 4.39. The number of hydrogen-bond acceptors (Lipinski definition) is 4. The van der Waals surface area contributed by atoms with Crippen molar-refractivity contribution in [1.82, 2.24) is 10.1 Å². The summed E-state index contributed by atoms with van der Waals surface area (Å²) in [6, 6.07) is 0.536. The van der Waals surface area contributed by atoms with Gasteiger partial charge in [-0.2, -0.15) is 4.98 Å². The summed E-state index contributed by atoms with van der Waals surface area (Å²) in [6.07, 6.45) is 0.868. The lowest BCUT2D eigenvalue weighted by Gasteiger charge is -2.02. The van der Waals surface area contributed by atoms with Gasteiger partial charge in [-0.1, -0.05) is 32.9 Å². The van der Waals surface area contributed by atoms with Crippen LogP contribution in [0.4, 0.5) is 6.01 Å². The number of rotatable bonds is 5. The predicted molar refractivity (Wildman–Crippen MR) is 56.2 cm³/mol. The molecule has 0 saturated heterocycles. The maximum absolute atomic E-state index is 5.04. The Morgan fingerprint density at radius 1 is 1.21 bits per heavy atom. The fraction of sp³-hybridized carbons (Fsp3) is 0.800. The minimum atomic E-state index is 0.536. The van der Waals surface area contributed by atoms with E-state index >= 15 is 0 Å². The van der Waals surface area contributed by atoms with Gasteiger partial charge in [0.1, 0.15) is 0 Å². The van der Waals surface area contributed by atoms with Crippen molar-refractivity contribution in [3.63, 3.8) is 0 Å². The summed E-state index contributed by atoms with van der Waals surface area (Å²) in [5.74, 6) is 1.92. The molecule has 0 aliphatic carbocycles. The molecular weight excluding hydrogens is 178 g/mol. The van der Waals surface area contributed by atoms with Gasteiger partial charge in [0.2, 0.25) is 0 Å². The summed E-state index contributed by atoms with van der Waals surface area (Å²) in [4.78, 5) is 4.23. The number of nitrogens with zero attached hydrogens (tertiary/aromatic N) is 2. The molecule has 0 amide bonds. The Kier molecular flexibility index (Phi) is 3.92. The molecule has 0 radical (unpaired) electrons. The topological polar surface area (TPSA) is 51.0 Å². The fourth-order valence-electron chi connectivity index (χ4n) is 1.07. The molecular formula is C10H19N3O. The van der Waals surface area contributed by atoms with Gasteiger partial charge in [-0.05, 0) is 11.8 Å². The first kappa shape index (κ1) is 11.0. The van der Waals surface area contributed by atoms with Crippen LogP contribution in [0.5, 0.6) is 0 Å². The van der Waals surface area contributed by atoms with Gasteiger partial charge >= 0.3 is 6.01 Å². The molecule has 1 heterocycles. The molecule has 1 aromatic heterocycles. The Hall–Kier alpha value is -1.06. The van der Waals surface area contributed by atoms with Gasteiger partial charge < -0.3 is 9.84 Å². The number of aromatic nitrogens is 2. The van der Waals surface area contributed by atoms with Crippen molar-refractivity contribution in [2.75, 3.05) is 11.9 Å². The maximum atomic E-state index is 5.04. The van der Waals surface area contributed by atoms with Crippen LogP contribution in [0.1, 0.15) is 33.5 Å². The third-order valence-electron chi connectivity index (χ3n) is 1.72. The van der Waals surface area contributed by atoms with Crippen molar-refractivity contribution in [1.29, 1.82) is 0 Å². The van der Waals surface area contributed by atoms with E-state index in [1.54, 1.807) is 0 Å². The van der Waals surface area contributed by atoms with Gasteiger partial charge in [-0.3, -0.25) is 0 Å². The molecule has 4 nitrogen and oxygen atoms in total. The Morgan fingerprint density at radius 3 is 2.50 bits per heavy atom. The zero-order valence-corrected chi connectivity index (χ0v) is 9.37. The maximum Gasteiger partial charge on any atom is 0.321 e. The zero-order valence-electron chi connectivity index (χ0n) is 9.37. The summed E-state index contributed by atoms with van der Waals surface area (Å²) in [5.41, 5.74) is 0. The molecule has 0 bridgehead atoms. The van der Waals surface area contributed by atoms with Gasteiger partial charge in [-0.15, -0.1) is 0 Å². The van der Waals surface area contributed by atoms with Crippen LogP contribution in [0.15, 0.2) is 4.52 Å². The van der Waals surface area contributed by atoms with Gasteiger partial charge in [0.15, 0.2) is 5.82 Å². The van der Waals surface area contributed by atoms with Gasteiger partial charge in [0, 0.05) is 13.0 Å². The average Bonchev–Trinajstić information content (AvgIpc) is 2.47. The fourth-order valence-corrected chi connectivity index (χ4v) is 1.07. The van der Waals surface area contributed by atoms with Crippen molar-refractivity contribution in [3.05, 3.63) is 5.82 Å². The molecule has 14 heavy (non-hydrogen) atoms. The highest BCUT2D eigenvalue weighted by Gasteiger charge is 2.07. The van der Waals surface area contributed by atoms with E-state index in [9.17, 15) is 0 Å². The number of hydrogen-bond donors (Lipinski definition) is 1. The Labute approximate surface area is 85.1 Å². The lowest BCUT2D eigenvalue weighted by atomic mass is 10.1. The van der Waals surface area contributed by atoms with E-state index in [1.165, 1.54) is 0 Å². The second kappa shape index (κ2) is 4.98. The first-order chi connectivity index (χ1) is 6.58. The minimum absolute atomic E-state index is 0.536. The van der Waals surface area contributed by atoms with E-state index in [0.29, 0.717) is 17.9 Å². The third kappa shape index (κ3) is 3.77. The SMILES string of the molecule is CC(C)CNc1nc(CC(C)C)no1. The smallest absolute Gasteiger partial charge is 0.321 e. The molecule has 1 rings (SSSR count). The van der Waals surface area contributed by atoms with Crippen LogP contribution in [0.2, 0.25) is 0 Å². The molecule has 0 aliphatic heterocycles. The summed E-state index contributed by atoms with van der Waals surface area (Å²) in [7, 11) is 0. The van der Waals surface area contributed by atoms with Crippen LogP contribution in [0, 0.1) is 11.8 Å². The van der Waals surface area contributed by atoms with E-state index in [0.717, 1.165) is 18.8 Å². The largest absolute Gasteiger partial charge is 0.338 e. The molecule has 80 valence electrons. The summed E-state index contributed by atoms with van der Waals surface area (Å²) < 4.78 is 5.04. The van der Waals surface area contributed by atoms with E-state index in [-0.39, 0.29) is 0 Å². The first-order valence-corrected chi connectivity index (χ1v) is 5.14. The van der Waals surface area contributed by atoms with E-state index in [2.05, 4.69) is 43.2 Å². The molecule has 0 aliphatic rings. The second-order valence-corrected chi connectivity index (χ2v) is 4.39. The van der Waals surface area contributed by atoms with Crippen LogP contribution in [-0.4, -0.2) is 16.7 Å². The highest BCUT2D eigenvalue weighted by molar-refractivity contribution is 5.17. The van der Waals surface area contributed by atoms with Crippen LogP contribution < -0.4 is 5.32 Å². The highest BCUT2D eigenvalue weighted by atomic mass is 16.5. The summed E-state index contributed by atoms with van der Waals surface area (Å²) in [5, 5.41) is 6.98. The lowest BCUT2D eigenvalue weighted by molar-refractivity contribution is 0.416. The molecule has 0 unspecified atom stereocenters. The number of nitrogens with one attached hydrogen (secondary N) is 1. The predicted octanol–water partition coefficient (Wildman–Crippen LogP) is 2.34. The molecule has 0 fully saturated rings. The van der Waals surface area contributed by atoms with Crippen molar-refractivity contribution < 1.29 is 4.52 Å². The number of anilines is 1. The minimum Gasteiger partial charge on any atom is -0.338 e. The zero-order chi connectivity index (χ0) is 10.6. The Balaban J connectivity index is 2.42. The molecule has 0 spiro atoms. The standard InChI is InChI=1S/C10H19N3O/c1-7(2)5-9-12-10(14-13-9)11-6-8(3)4/h7-8H,5-6H2,1-4H3,(H,11,12,13). The van der Waals surface area contributed by atoms with Crippen molar-refractivity contribution in [2.24, 2.45) is 11.8 Å². The molecule has 1 N–H and O–H groups in total. The van der Waals surface area contributed by atoms with Crippen LogP contribution in [-0.2, 0) is 6.42 Å². The van der Waals surface area contributed by atoms with Crippen molar-refractivity contribution >= 4 is 6.01 Å². The first-order valence-electron chi connectivity index (χ1n) is 5.14. The molecule has 0 atom stereocenters. The molecule has 4 heteroatoms. The van der Waals surface area contributed by atoms with Gasteiger partial charge in [0.05, 0.1) is 0 Å².